The molecule has 0 saturated carbocycles. The van der Waals surface area contributed by atoms with Gasteiger partial charge in [-0.2, -0.15) is 0 Å². The number of likely N-dealkylation sites (tertiary alicyclic amines) is 1. The second-order valence-electron chi connectivity index (χ2n) is 8.56. The van der Waals surface area contributed by atoms with E-state index in [9.17, 15) is 14.7 Å². The molecule has 0 aromatic heterocycles. The van der Waals surface area contributed by atoms with Crippen molar-refractivity contribution in [1.82, 2.24) is 4.90 Å². The minimum absolute atomic E-state index is 0.00288. The Morgan fingerprint density at radius 3 is 2.49 bits per heavy atom. The van der Waals surface area contributed by atoms with Crippen LogP contribution in [-0.2, 0) is 14.3 Å². The van der Waals surface area contributed by atoms with Gasteiger partial charge < -0.3 is 33.7 Å². The smallest absolute Gasteiger partial charge is 0.295 e. The molecule has 0 bridgehead atoms. The maximum absolute atomic E-state index is 13.3. The maximum atomic E-state index is 13.3. The third kappa shape index (κ3) is 4.16. The van der Waals surface area contributed by atoms with Crippen LogP contribution in [-0.4, -0.2) is 68.4 Å². The molecule has 2 aromatic rings. The van der Waals surface area contributed by atoms with Gasteiger partial charge in [0, 0.05) is 18.7 Å². The summed E-state index contributed by atoms with van der Waals surface area (Å²) in [6, 6.07) is 9.30. The zero-order valence-electron chi connectivity index (χ0n) is 19.6. The van der Waals surface area contributed by atoms with Crippen LogP contribution in [0.2, 0.25) is 0 Å². The van der Waals surface area contributed by atoms with Gasteiger partial charge in [-0.3, -0.25) is 9.59 Å². The van der Waals surface area contributed by atoms with Crippen LogP contribution in [0.25, 0.3) is 5.76 Å². The number of aliphatic hydroxyl groups excluding tert-OH is 1. The molecule has 35 heavy (non-hydrogen) atoms. The highest BCUT2D eigenvalue weighted by molar-refractivity contribution is 6.46. The molecule has 9 nitrogen and oxygen atoms in total. The summed E-state index contributed by atoms with van der Waals surface area (Å²) >= 11 is 0. The normalized spacial score (nSPS) is 23.0. The van der Waals surface area contributed by atoms with Crippen molar-refractivity contribution in [3.8, 4) is 23.0 Å². The number of carbonyl (C=O) groups excluding carboxylic acids is 2. The summed E-state index contributed by atoms with van der Waals surface area (Å²) in [5.74, 6) is 0.273. The number of amides is 1. The van der Waals surface area contributed by atoms with Gasteiger partial charge in [0.05, 0.1) is 31.9 Å². The number of hydrogen-bond acceptors (Lipinski definition) is 8. The van der Waals surface area contributed by atoms with Crippen LogP contribution in [0.4, 0.5) is 0 Å². The summed E-state index contributed by atoms with van der Waals surface area (Å²) in [6.07, 6.45) is 1.52. The first-order chi connectivity index (χ1) is 17.0. The van der Waals surface area contributed by atoms with Crippen LogP contribution in [0.3, 0.4) is 0 Å². The second-order valence-corrected chi connectivity index (χ2v) is 8.56. The third-order valence-electron chi connectivity index (χ3n) is 6.50. The van der Waals surface area contributed by atoms with Crippen molar-refractivity contribution < 1.29 is 38.4 Å². The minimum atomic E-state index is -0.827. The number of ether oxygens (including phenoxy) is 5. The van der Waals surface area contributed by atoms with E-state index in [1.165, 1.54) is 19.1 Å². The number of fused-ring (bicyclic) bond motifs is 1. The zero-order valence-corrected chi connectivity index (χ0v) is 19.6. The van der Waals surface area contributed by atoms with Crippen LogP contribution < -0.4 is 18.9 Å². The molecule has 5 rings (SSSR count). The first-order valence-corrected chi connectivity index (χ1v) is 11.5. The third-order valence-corrected chi connectivity index (χ3v) is 6.50. The van der Waals surface area contributed by atoms with E-state index in [1.54, 1.807) is 36.4 Å². The van der Waals surface area contributed by atoms with Crippen molar-refractivity contribution in [2.75, 3.05) is 40.6 Å². The fourth-order valence-corrected chi connectivity index (χ4v) is 4.79. The van der Waals surface area contributed by atoms with Crippen LogP contribution in [0.15, 0.2) is 42.0 Å². The van der Waals surface area contributed by atoms with Gasteiger partial charge in [-0.25, -0.2) is 0 Å². The van der Waals surface area contributed by atoms with Crippen molar-refractivity contribution >= 4 is 17.4 Å². The standard InChI is InChI=1S/C26H27NO8/c1-31-18-7-5-15(12-20(18)32-2)23-22(25(29)26(30)27(23)14-17-4-3-9-33-17)24(28)16-6-8-19-21(13-16)35-11-10-34-19/h5-8,12-13,17,23,28H,3-4,9-11,14H2,1-2H3/b24-22-. The summed E-state index contributed by atoms with van der Waals surface area (Å²) in [5.41, 5.74) is 0.964. The van der Waals surface area contributed by atoms with Crippen molar-refractivity contribution in [2.45, 2.75) is 25.0 Å². The molecule has 3 aliphatic heterocycles. The van der Waals surface area contributed by atoms with Crippen molar-refractivity contribution in [3.63, 3.8) is 0 Å². The Morgan fingerprint density at radius 1 is 1.00 bits per heavy atom. The van der Waals surface area contributed by atoms with E-state index >= 15 is 0 Å². The molecule has 184 valence electrons. The van der Waals surface area contributed by atoms with E-state index in [0.29, 0.717) is 53.9 Å². The highest BCUT2D eigenvalue weighted by atomic mass is 16.6. The Bertz CT molecular complexity index is 1180. The Hall–Kier alpha value is -3.72. The molecule has 0 spiro atoms. The van der Waals surface area contributed by atoms with Gasteiger partial charge in [0.25, 0.3) is 11.7 Å². The lowest BCUT2D eigenvalue weighted by Gasteiger charge is -2.28. The summed E-state index contributed by atoms with van der Waals surface area (Å²) < 4.78 is 27.7. The number of nitrogens with zero attached hydrogens (tertiary/aromatic N) is 1. The van der Waals surface area contributed by atoms with Gasteiger partial charge in [0.15, 0.2) is 23.0 Å². The van der Waals surface area contributed by atoms with Gasteiger partial charge in [-0.05, 0) is 48.7 Å². The fraction of sp³-hybridized carbons (Fsp3) is 0.385. The van der Waals surface area contributed by atoms with Crippen LogP contribution in [0.5, 0.6) is 23.0 Å². The fourth-order valence-electron chi connectivity index (χ4n) is 4.79. The molecule has 0 aliphatic carbocycles. The lowest BCUT2D eigenvalue weighted by Crippen LogP contribution is -2.36. The Kier molecular flexibility index (Phi) is 6.25. The molecule has 2 saturated heterocycles. The van der Waals surface area contributed by atoms with Gasteiger partial charge in [0.1, 0.15) is 19.0 Å². The number of rotatable bonds is 6. The van der Waals surface area contributed by atoms with Gasteiger partial charge >= 0.3 is 0 Å². The lowest BCUT2D eigenvalue weighted by atomic mass is 9.94. The monoisotopic (exact) mass is 481 g/mol. The van der Waals surface area contributed by atoms with Gasteiger partial charge in [-0.1, -0.05) is 6.07 Å². The molecular formula is C26H27NO8. The Balaban J connectivity index is 1.62. The molecule has 0 radical (unpaired) electrons. The molecular weight excluding hydrogens is 454 g/mol. The van der Waals surface area contributed by atoms with Crippen molar-refractivity contribution in [1.29, 1.82) is 0 Å². The average molecular weight is 482 g/mol. The number of carbonyl (C=O) groups is 2. The average Bonchev–Trinajstić information content (AvgIpc) is 3.50. The summed E-state index contributed by atoms with van der Waals surface area (Å²) in [4.78, 5) is 28.0. The van der Waals surface area contributed by atoms with E-state index in [0.717, 1.165) is 12.8 Å². The van der Waals surface area contributed by atoms with Gasteiger partial charge in [0.2, 0.25) is 0 Å². The first-order valence-electron chi connectivity index (χ1n) is 11.5. The van der Waals surface area contributed by atoms with E-state index in [4.69, 9.17) is 23.7 Å². The van der Waals surface area contributed by atoms with E-state index in [-0.39, 0.29) is 24.0 Å². The first kappa shape index (κ1) is 23.0. The molecule has 9 heteroatoms. The largest absolute Gasteiger partial charge is 0.507 e. The lowest BCUT2D eigenvalue weighted by molar-refractivity contribution is -0.140. The molecule has 1 amide bonds. The summed E-state index contributed by atoms with van der Waals surface area (Å²) in [6.45, 7) is 1.68. The van der Waals surface area contributed by atoms with Crippen molar-refractivity contribution in [2.24, 2.45) is 0 Å². The topological polar surface area (TPSA) is 104 Å². The minimum Gasteiger partial charge on any atom is -0.507 e. The number of Topliss-reactive ketones (excluding diaryl/α,β-unsaturated/α-hetero) is 1. The predicted molar refractivity (Wildman–Crippen MR) is 125 cm³/mol. The zero-order chi connectivity index (χ0) is 24.5. The number of aliphatic hydroxyl groups is 1. The molecule has 2 aromatic carbocycles. The molecule has 2 unspecified atom stereocenters. The van der Waals surface area contributed by atoms with Crippen LogP contribution in [0, 0.1) is 0 Å². The number of benzene rings is 2. The predicted octanol–water partition coefficient (Wildman–Crippen LogP) is 3.08. The summed E-state index contributed by atoms with van der Waals surface area (Å²) in [7, 11) is 3.04. The second kappa shape index (κ2) is 9.50. The van der Waals surface area contributed by atoms with E-state index < -0.39 is 17.7 Å². The summed E-state index contributed by atoms with van der Waals surface area (Å²) in [5, 5.41) is 11.3. The SMILES string of the molecule is COc1ccc(C2/C(=C(/O)c3ccc4c(c3)OCCO4)C(=O)C(=O)N2CC2CCCO2)cc1OC. The Morgan fingerprint density at radius 2 is 1.77 bits per heavy atom. The number of hydrogen-bond donors (Lipinski definition) is 1. The van der Waals surface area contributed by atoms with E-state index in [1.807, 2.05) is 0 Å². The highest BCUT2D eigenvalue weighted by Crippen LogP contribution is 2.43. The maximum Gasteiger partial charge on any atom is 0.295 e. The van der Waals surface area contributed by atoms with Crippen LogP contribution in [0.1, 0.15) is 30.0 Å². The van der Waals surface area contributed by atoms with Crippen LogP contribution >= 0.6 is 0 Å². The van der Waals surface area contributed by atoms with Gasteiger partial charge in [-0.15, -0.1) is 0 Å². The van der Waals surface area contributed by atoms with Crippen molar-refractivity contribution in [3.05, 3.63) is 53.1 Å². The quantitative estimate of drug-likeness (QED) is 0.382. The van der Waals surface area contributed by atoms with E-state index in [2.05, 4.69) is 0 Å². The molecule has 3 aliphatic rings. The molecule has 2 fully saturated rings. The molecule has 2 atom stereocenters. The molecule has 3 heterocycles. The number of methoxy groups -OCH3 is 2. The Labute approximate surface area is 202 Å². The highest BCUT2D eigenvalue weighted by Gasteiger charge is 2.47. The number of ketones is 1. The molecule has 1 N–H and O–H groups in total.